The summed E-state index contributed by atoms with van der Waals surface area (Å²) >= 11 is 0. The normalized spacial score (nSPS) is 28.8. The number of nitro groups is 1. The van der Waals surface area contributed by atoms with Gasteiger partial charge < -0.3 is 5.32 Å². The molecule has 2 bridgehead atoms. The first-order chi connectivity index (χ1) is 10.0. The van der Waals surface area contributed by atoms with Crippen LogP contribution in [0.1, 0.15) is 43.7 Å². The van der Waals surface area contributed by atoms with Gasteiger partial charge in [-0.3, -0.25) is 10.1 Å². The molecule has 1 N–H and O–H groups in total. The fourth-order valence-corrected chi connectivity index (χ4v) is 4.30. The van der Waals surface area contributed by atoms with Gasteiger partial charge in [0.15, 0.2) is 0 Å². The van der Waals surface area contributed by atoms with E-state index >= 15 is 0 Å². The molecule has 0 spiro atoms. The molecule has 1 aromatic rings. The van der Waals surface area contributed by atoms with Gasteiger partial charge in [0.05, 0.1) is 4.92 Å². The second kappa shape index (κ2) is 5.76. The number of rotatable bonds is 5. The zero-order chi connectivity index (χ0) is 15.0. The Morgan fingerprint density at radius 3 is 2.81 bits per heavy atom. The molecule has 2 aliphatic rings. The highest BCUT2D eigenvalue weighted by atomic mass is 16.6. The predicted molar refractivity (Wildman–Crippen MR) is 83.1 cm³/mol. The molecule has 1 aromatic carbocycles. The van der Waals surface area contributed by atoms with Crippen molar-refractivity contribution in [2.75, 3.05) is 0 Å². The van der Waals surface area contributed by atoms with Crippen LogP contribution < -0.4 is 5.32 Å². The lowest BCUT2D eigenvalue weighted by molar-refractivity contribution is -0.385. The summed E-state index contributed by atoms with van der Waals surface area (Å²) in [7, 11) is 0. The number of nitro benzene ring substituents is 1. The molecule has 4 nitrogen and oxygen atoms in total. The third-order valence-electron chi connectivity index (χ3n) is 5.53. The first-order valence-corrected chi connectivity index (χ1v) is 8.02. The Bertz CT molecular complexity index is 544. The van der Waals surface area contributed by atoms with Crippen LogP contribution in [0.5, 0.6) is 0 Å². The Morgan fingerprint density at radius 2 is 2.19 bits per heavy atom. The van der Waals surface area contributed by atoms with Gasteiger partial charge in [0, 0.05) is 24.2 Å². The quantitative estimate of drug-likeness (QED) is 0.662. The molecule has 2 aliphatic carbocycles. The van der Waals surface area contributed by atoms with Crippen LogP contribution in [0.4, 0.5) is 5.69 Å². The summed E-state index contributed by atoms with van der Waals surface area (Å²) in [6.45, 7) is 4.78. The highest BCUT2D eigenvalue weighted by molar-refractivity contribution is 5.42. The van der Waals surface area contributed by atoms with Crippen molar-refractivity contribution >= 4 is 5.69 Å². The summed E-state index contributed by atoms with van der Waals surface area (Å²) in [5.74, 6) is 2.67. The van der Waals surface area contributed by atoms with Gasteiger partial charge >= 0.3 is 0 Å². The van der Waals surface area contributed by atoms with Crippen LogP contribution in [-0.2, 0) is 6.54 Å². The maximum atomic E-state index is 11.0. The van der Waals surface area contributed by atoms with E-state index in [2.05, 4.69) is 12.2 Å². The van der Waals surface area contributed by atoms with Crippen molar-refractivity contribution in [2.24, 2.45) is 17.8 Å². The first-order valence-electron chi connectivity index (χ1n) is 8.02. The van der Waals surface area contributed by atoms with Crippen LogP contribution in [0.2, 0.25) is 0 Å². The van der Waals surface area contributed by atoms with E-state index in [0.29, 0.717) is 6.04 Å². The number of fused-ring (bicyclic) bond motifs is 2. The molecular formula is C17H24N2O2. The van der Waals surface area contributed by atoms with Crippen LogP contribution in [0.3, 0.4) is 0 Å². The summed E-state index contributed by atoms with van der Waals surface area (Å²) in [5.41, 5.74) is 1.95. The number of benzene rings is 1. The van der Waals surface area contributed by atoms with Crippen molar-refractivity contribution in [2.45, 2.75) is 52.1 Å². The Morgan fingerprint density at radius 1 is 1.38 bits per heavy atom. The third kappa shape index (κ3) is 2.95. The molecule has 0 heterocycles. The molecule has 0 amide bonds. The highest BCUT2D eigenvalue weighted by Gasteiger charge is 2.41. The molecule has 2 saturated carbocycles. The average Bonchev–Trinajstić information content (AvgIpc) is 3.08. The van der Waals surface area contributed by atoms with Gasteiger partial charge in [-0.2, -0.15) is 0 Å². The molecule has 2 fully saturated rings. The Labute approximate surface area is 126 Å². The molecule has 3 rings (SSSR count). The van der Waals surface area contributed by atoms with E-state index in [1.807, 2.05) is 12.1 Å². The molecule has 0 aliphatic heterocycles. The van der Waals surface area contributed by atoms with Gasteiger partial charge in [0.1, 0.15) is 0 Å². The molecule has 4 atom stereocenters. The first kappa shape index (κ1) is 14.5. The van der Waals surface area contributed by atoms with Crippen molar-refractivity contribution in [3.8, 4) is 0 Å². The highest BCUT2D eigenvalue weighted by Crippen LogP contribution is 2.49. The number of nitrogens with one attached hydrogen (secondary N) is 1. The topological polar surface area (TPSA) is 55.2 Å². The second-order valence-electron chi connectivity index (χ2n) is 6.89. The van der Waals surface area contributed by atoms with E-state index in [9.17, 15) is 10.1 Å². The van der Waals surface area contributed by atoms with E-state index in [1.54, 1.807) is 13.0 Å². The summed E-state index contributed by atoms with van der Waals surface area (Å²) in [6, 6.07) is 6.04. The van der Waals surface area contributed by atoms with Gasteiger partial charge in [-0.25, -0.2) is 0 Å². The number of hydrogen-bond acceptors (Lipinski definition) is 3. The maximum absolute atomic E-state index is 11.0. The summed E-state index contributed by atoms with van der Waals surface area (Å²) in [5, 5.41) is 14.6. The SMILES string of the molecule is Cc1ccc(CNC(C)C2CC3CCC2C3)cc1[N+](=O)[O-]. The Kier molecular flexibility index (Phi) is 3.98. The third-order valence-corrected chi connectivity index (χ3v) is 5.53. The van der Waals surface area contributed by atoms with Crippen molar-refractivity contribution < 1.29 is 4.92 Å². The Hall–Kier alpha value is -1.42. The summed E-state index contributed by atoms with van der Waals surface area (Å²) < 4.78 is 0. The van der Waals surface area contributed by atoms with Crippen LogP contribution in [0, 0.1) is 34.8 Å². The molecule has 21 heavy (non-hydrogen) atoms. The molecule has 4 heteroatoms. The molecule has 4 unspecified atom stereocenters. The van der Waals surface area contributed by atoms with Gasteiger partial charge in [-0.15, -0.1) is 0 Å². The fraction of sp³-hybridized carbons (Fsp3) is 0.647. The van der Waals surface area contributed by atoms with E-state index < -0.39 is 0 Å². The van der Waals surface area contributed by atoms with Gasteiger partial charge in [0.25, 0.3) is 5.69 Å². The van der Waals surface area contributed by atoms with E-state index in [1.165, 1.54) is 25.7 Å². The zero-order valence-electron chi connectivity index (χ0n) is 12.8. The van der Waals surface area contributed by atoms with Gasteiger partial charge in [0.2, 0.25) is 0 Å². The van der Waals surface area contributed by atoms with Crippen LogP contribution in [-0.4, -0.2) is 11.0 Å². The predicted octanol–water partition coefficient (Wildman–Crippen LogP) is 3.82. The minimum atomic E-state index is -0.293. The lowest BCUT2D eigenvalue weighted by atomic mass is 9.84. The van der Waals surface area contributed by atoms with E-state index in [4.69, 9.17) is 0 Å². The van der Waals surface area contributed by atoms with Crippen LogP contribution in [0.15, 0.2) is 18.2 Å². The standard InChI is InChI=1S/C17H24N2O2/c1-11-3-4-14(9-17(11)19(20)21)10-18-12(2)16-8-13-5-6-15(16)7-13/h3-4,9,12-13,15-16,18H,5-8,10H2,1-2H3. The van der Waals surface area contributed by atoms with Crippen molar-refractivity contribution in [3.63, 3.8) is 0 Å². The lowest BCUT2D eigenvalue weighted by Gasteiger charge is -2.28. The molecule has 0 aromatic heterocycles. The second-order valence-corrected chi connectivity index (χ2v) is 6.89. The zero-order valence-corrected chi connectivity index (χ0v) is 12.8. The number of nitrogens with zero attached hydrogens (tertiary/aromatic N) is 1. The van der Waals surface area contributed by atoms with Crippen LogP contribution in [0.25, 0.3) is 0 Å². The molecule has 0 saturated heterocycles. The monoisotopic (exact) mass is 288 g/mol. The van der Waals surface area contributed by atoms with E-state index in [-0.39, 0.29) is 10.6 Å². The van der Waals surface area contributed by atoms with Crippen molar-refractivity contribution in [1.82, 2.24) is 5.32 Å². The van der Waals surface area contributed by atoms with Gasteiger partial charge in [-0.1, -0.05) is 18.6 Å². The summed E-state index contributed by atoms with van der Waals surface area (Å²) in [4.78, 5) is 10.7. The van der Waals surface area contributed by atoms with Gasteiger partial charge in [-0.05, 0) is 56.4 Å². The lowest BCUT2D eigenvalue weighted by Crippen LogP contribution is -2.35. The molecular weight excluding hydrogens is 264 g/mol. The minimum Gasteiger partial charge on any atom is -0.310 e. The van der Waals surface area contributed by atoms with Crippen molar-refractivity contribution in [1.29, 1.82) is 0 Å². The summed E-state index contributed by atoms with van der Waals surface area (Å²) in [6.07, 6.45) is 5.62. The molecule has 114 valence electrons. The largest absolute Gasteiger partial charge is 0.310 e. The van der Waals surface area contributed by atoms with Crippen molar-refractivity contribution in [3.05, 3.63) is 39.4 Å². The minimum absolute atomic E-state index is 0.224. The molecule has 0 radical (unpaired) electrons. The average molecular weight is 288 g/mol. The van der Waals surface area contributed by atoms with E-state index in [0.717, 1.165) is 35.4 Å². The Balaban J connectivity index is 1.60. The smallest absolute Gasteiger partial charge is 0.272 e. The number of aryl methyl sites for hydroxylation is 1. The van der Waals surface area contributed by atoms with Crippen LogP contribution >= 0.6 is 0 Å². The number of hydrogen-bond donors (Lipinski definition) is 1. The fourth-order valence-electron chi connectivity index (χ4n) is 4.30. The maximum Gasteiger partial charge on any atom is 0.272 e.